The summed E-state index contributed by atoms with van der Waals surface area (Å²) >= 11 is 0. The van der Waals surface area contributed by atoms with Crippen LogP contribution < -0.4 is 10.6 Å². The van der Waals surface area contributed by atoms with Crippen molar-refractivity contribution in [2.24, 2.45) is 5.73 Å². The fourth-order valence-electron chi connectivity index (χ4n) is 0.935. The Morgan fingerprint density at radius 1 is 1.56 bits per heavy atom. The quantitative estimate of drug-likeness (QED) is 0.472. The molecule has 4 N–H and O–H groups in total. The lowest BCUT2D eigenvalue weighted by Gasteiger charge is -2.02. The highest BCUT2D eigenvalue weighted by Gasteiger charge is 2.17. The number of hydrogen-bond acceptors (Lipinski definition) is 6. The number of nitrogens with zero attached hydrogens (tertiary/aromatic N) is 2. The standard InChI is InChI=1S/C7H10N4O6S/c8-6(12)4-17-10-18(15,16)5-1-9-11(2-5)3-7(13)14/h1-2,10H,3-4H2,(H2,8,12)(H,13,14). The summed E-state index contributed by atoms with van der Waals surface area (Å²) < 4.78 is 24.0. The molecule has 0 saturated carbocycles. The number of carboxylic acids is 1. The van der Waals surface area contributed by atoms with Gasteiger partial charge in [0.1, 0.15) is 18.0 Å². The average Bonchev–Trinajstić information content (AvgIpc) is 2.64. The number of hydrogen-bond donors (Lipinski definition) is 3. The van der Waals surface area contributed by atoms with E-state index in [9.17, 15) is 18.0 Å². The van der Waals surface area contributed by atoms with E-state index in [2.05, 4.69) is 9.94 Å². The fourth-order valence-corrected chi connectivity index (χ4v) is 1.69. The van der Waals surface area contributed by atoms with Gasteiger partial charge in [0, 0.05) is 6.20 Å². The Hall–Kier alpha value is -1.98. The predicted octanol–water partition coefficient (Wildman–Crippen LogP) is -2.34. The lowest BCUT2D eigenvalue weighted by Crippen LogP contribution is -2.29. The van der Waals surface area contributed by atoms with Crippen molar-refractivity contribution in [1.29, 1.82) is 0 Å². The molecule has 0 aliphatic heterocycles. The number of carbonyl (C=O) groups is 2. The van der Waals surface area contributed by atoms with Gasteiger partial charge in [-0.2, -0.15) is 5.10 Å². The Bertz CT molecular complexity index is 550. The topological polar surface area (TPSA) is 154 Å². The minimum absolute atomic E-state index is 0.298. The van der Waals surface area contributed by atoms with Crippen molar-refractivity contribution in [2.45, 2.75) is 11.4 Å². The number of sulfonamides is 1. The van der Waals surface area contributed by atoms with Gasteiger partial charge in [0.25, 0.3) is 10.0 Å². The summed E-state index contributed by atoms with van der Waals surface area (Å²) in [5.41, 5.74) is 4.74. The maximum Gasteiger partial charge on any atom is 0.325 e. The molecule has 10 nitrogen and oxygen atoms in total. The maximum atomic E-state index is 11.5. The summed E-state index contributed by atoms with van der Waals surface area (Å²) in [4.78, 5) is 26.4. The van der Waals surface area contributed by atoms with Crippen LogP contribution in [-0.2, 0) is 31.0 Å². The molecule has 1 aromatic rings. The first-order chi connectivity index (χ1) is 8.31. The van der Waals surface area contributed by atoms with E-state index >= 15 is 0 Å². The third-order valence-electron chi connectivity index (χ3n) is 1.60. The fraction of sp³-hybridized carbons (Fsp3) is 0.286. The second-order valence-corrected chi connectivity index (χ2v) is 4.75. The molecule has 0 saturated heterocycles. The monoisotopic (exact) mass is 278 g/mol. The van der Waals surface area contributed by atoms with Crippen LogP contribution in [0, 0.1) is 0 Å². The van der Waals surface area contributed by atoms with E-state index in [1.165, 1.54) is 0 Å². The minimum Gasteiger partial charge on any atom is -0.480 e. The van der Waals surface area contributed by atoms with Crippen LogP contribution in [0.15, 0.2) is 17.3 Å². The highest BCUT2D eigenvalue weighted by Crippen LogP contribution is 2.06. The zero-order chi connectivity index (χ0) is 13.8. The zero-order valence-corrected chi connectivity index (χ0v) is 9.75. The summed E-state index contributed by atoms with van der Waals surface area (Å²) in [6, 6.07) is 0. The Balaban J connectivity index is 2.70. The number of nitrogens with one attached hydrogen (secondary N) is 1. The van der Waals surface area contributed by atoms with E-state index in [1.54, 1.807) is 4.89 Å². The SMILES string of the molecule is NC(=O)CONS(=O)(=O)c1cnn(CC(=O)O)c1. The van der Waals surface area contributed by atoms with E-state index in [0.29, 0.717) is 0 Å². The van der Waals surface area contributed by atoms with Gasteiger partial charge in [-0.15, -0.1) is 0 Å². The van der Waals surface area contributed by atoms with Gasteiger partial charge in [0.2, 0.25) is 5.91 Å². The van der Waals surface area contributed by atoms with Gasteiger partial charge in [-0.25, -0.2) is 8.42 Å². The van der Waals surface area contributed by atoms with Gasteiger partial charge in [-0.3, -0.25) is 19.1 Å². The minimum atomic E-state index is -4.03. The van der Waals surface area contributed by atoms with Crippen LogP contribution in [0.1, 0.15) is 0 Å². The molecule has 0 unspecified atom stereocenters. The number of carboxylic acid groups (broad SMARTS) is 1. The highest BCUT2D eigenvalue weighted by molar-refractivity contribution is 7.89. The van der Waals surface area contributed by atoms with Crippen molar-refractivity contribution in [2.75, 3.05) is 6.61 Å². The maximum absolute atomic E-state index is 11.5. The Morgan fingerprint density at radius 3 is 2.78 bits per heavy atom. The third kappa shape index (κ3) is 4.12. The smallest absolute Gasteiger partial charge is 0.325 e. The molecule has 0 atom stereocenters. The molecule has 1 heterocycles. The number of rotatable bonds is 7. The van der Waals surface area contributed by atoms with Gasteiger partial charge in [0.05, 0.1) is 6.20 Å². The van der Waals surface area contributed by atoms with Gasteiger partial charge >= 0.3 is 5.97 Å². The molecular weight excluding hydrogens is 268 g/mol. The van der Waals surface area contributed by atoms with E-state index in [-0.39, 0.29) is 4.90 Å². The van der Waals surface area contributed by atoms with E-state index in [0.717, 1.165) is 17.1 Å². The van der Waals surface area contributed by atoms with E-state index < -0.39 is 35.1 Å². The van der Waals surface area contributed by atoms with E-state index in [1.807, 2.05) is 0 Å². The Morgan fingerprint density at radius 2 is 2.22 bits per heavy atom. The van der Waals surface area contributed by atoms with Gasteiger partial charge in [-0.1, -0.05) is 4.89 Å². The van der Waals surface area contributed by atoms with Crippen molar-refractivity contribution < 1.29 is 28.0 Å². The van der Waals surface area contributed by atoms with Crippen LogP contribution in [0.2, 0.25) is 0 Å². The normalized spacial score (nSPS) is 11.3. The molecule has 100 valence electrons. The number of aromatic nitrogens is 2. The van der Waals surface area contributed by atoms with Crippen molar-refractivity contribution >= 4 is 21.9 Å². The molecule has 0 radical (unpaired) electrons. The van der Waals surface area contributed by atoms with Crippen molar-refractivity contribution in [3.63, 3.8) is 0 Å². The van der Waals surface area contributed by atoms with E-state index in [4.69, 9.17) is 10.8 Å². The molecule has 1 aromatic heterocycles. The van der Waals surface area contributed by atoms with Crippen LogP contribution in [0.4, 0.5) is 0 Å². The van der Waals surface area contributed by atoms with Gasteiger partial charge < -0.3 is 10.8 Å². The largest absolute Gasteiger partial charge is 0.480 e. The third-order valence-corrected chi connectivity index (χ3v) is 2.77. The second kappa shape index (κ2) is 5.57. The summed E-state index contributed by atoms with van der Waals surface area (Å²) in [6.07, 6.45) is 1.95. The molecular formula is C7H10N4O6S. The number of primary amides is 1. The van der Waals surface area contributed by atoms with Crippen LogP contribution >= 0.6 is 0 Å². The average molecular weight is 278 g/mol. The first-order valence-electron chi connectivity index (χ1n) is 4.47. The molecule has 18 heavy (non-hydrogen) atoms. The summed E-state index contributed by atoms with van der Waals surface area (Å²) in [6.45, 7) is -1.10. The molecule has 0 bridgehead atoms. The molecule has 1 rings (SSSR count). The number of nitrogens with two attached hydrogens (primary N) is 1. The van der Waals surface area contributed by atoms with Gasteiger partial charge in [0.15, 0.2) is 0 Å². The Kier molecular flexibility index (Phi) is 4.36. The number of amides is 1. The lowest BCUT2D eigenvalue weighted by atomic mass is 10.6. The Labute approximate surface area is 101 Å². The molecule has 0 spiro atoms. The summed E-state index contributed by atoms with van der Waals surface area (Å²) in [7, 11) is -4.03. The molecule has 11 heteroatoms. The summed E-state index contributed by atoms with van der Waals surface area (Å²) in [5, 5.41) is 12.0. The van der Waals surface area contributed by atoms with Crippen LogP contribution in [0.25, 0.3) is 0 Å². The highest BCUT2D eigenvalue weighted by atomic mass is 32.2. The zero-order valence-electron chi connectivity index (χ0n) is 8.94. The van der Waals surface area contributed by atoms with Crippen molar-refractivity contribution in [1.82, 2.24) is 14.7 Å². The molecule has 0 aliphatic carbocycles. The van der Waals surface area contributed by atoms with Crippen molar-refractivity contribution in [3.05, 3.63) is 12.4 Å². The number of carbonyl (C=O) groups excluding carboxylic acids is 1. The summed E-state index contributed by atoms with van der Waals surface area (Å²) in [5.74, 6) is -2.01. The molecule has 0 aliphatic rings. The van der Waals surface area contributed by atoms with Gasteiger partial charge in [-0.05, 0) is 0 Å². The number of aliphatic carboxylic acids is 1. The first kappa shape index (κ1) is 14.1. The molecule has 0 fully saturated rings. The lowest BCUT2D eigenvalue weighted by molar-refractivity contribution is -0.137. The second-order valence-electron chi connectivity index (χ2n) is 3.11. The van der Waals surface area contributed by atoms with Crippen molar-refractivity contribution in [3.8, 4) is 0 Å². The van der Waals surface area contributed by atoms with Crippen LogP contribution in [0.3, 0.4) is 0 Å². The predicted molar refractivity (Wildman–Crippen MR) is 55.3 cm³/mol. The van der Waals surface area contributed by atoms with Crippen LogP contribution in [0.5, 0.6) is 0 Å². The molecule has 0 aromatic carbocycles. The first-order valence-corrected chi connectivity index (χ1v) is 5.96. The molecule has 1 amide bonds. The van der Waals surface area contributed by atoms with Crippen LogP contribution in [-0.4, -0.2) is 41.8 Å².